The van der Waals surface area contributed by atoms with E-state index in [0.717, 1.165) is 17.7 Å². The minimum absolute atomic E-state index is 0.0795. The SMILES string of the molecule is Cc1cccc([C@H]2Nc3ccc(C(=O)NCCC(=O)O)cc3[C@H]3C=CC[C@@H]32)c1. The molecule has 0 saturated heterocycles. The second-order valence-electron chi connectivity index (χ2n) is 7.59. The maximum Gasteiger partial charge on any atom is 0.305 e. The van der Waals surface area contributed by atoms with Gasteiger partial charge in [0.2, 0.25) is 0 Å². The predicted molar refractivity (Wildman–Crippen MR) is 109 cm³/mol. The van der Waals surface area contributed by atoms with Crippen LogP contribution in [0.3, 0.4) is 0 Å². The summed E-state index contributed by atoms with van der Waals surface area (Å²) in [6, 6.07) is 14.6. The number of carboxylic acid groups (broad SMARTS) is 1. The first-order chi connectivity index (χ1) is 13.5. The Balaban J connectivity index is 1.60. The lowest BCUT2D eigenvalue weighted by atomic mass is 9.76. The Hall–Kier alpha value is -3.08. The molecule has 3 atom stereocenters. The quantitative estimate of drug-likeness (QED) is 0.689. The van der Waals surface area contributed by atoms with Crippen molar-refractivity contribution in [3.8, 4) is 0 Å². The van der Waals surface area contributed by atoms with Crippen LogP contribution in [-0.4, -0.2) is 23.5 Å². The zero-order valence-electron chi connectivity index (χ0n) is 15.8. The van der Waals surface area contributed by atoms with Crippen LogP contribution in [0.15, 0.2) is 54.6 Å². The molecule has 144 valence electrons. The number of aryl methyl sites for hydroxylation is 1. The summed E-state index contributed by atoms with van der Waals surface area (Å²) in [4.78, 5) is 23.0. The number of carboxylic acids is 1. The highest BCUT2D eigenvalue weighted by atomic mass is 16.4. The van der Waals surface area contributed by atoms with E-state index in [1.807, 2.05) is 12.1 Å². The summed E-state index contributed by atoms with van der Waals surface area (Å²) in [5.41, 5.74) is 5.30. The monoisotopic (exact) mass is 376 g/mol. The van der Waals surface area contributed by atoms with Gasteiger partial charge >= 0.3 is 5.97 Å². The van der Waals surface area contributed by atoms with Crippen LogP contribution in [0.4, 0.5) is 5.69 Å². The van der Waals surface area contributed by atoms with Crippen molar-refractivity contribution >= 4 is 17.6 Å². The second kappa shape index (κ2) is 7.50. The van der Waals surface area contributed by atoms with Gasteiger partial charge in [0, 0.05) is 23.7 Å². The first kappa shape index (κ1) is 18.3. The number of hydrogen-bond donors (Lipinski definition) is 3. The molecule has 2 aromatic carbocycles. The first-order valence-electron chi connectivity index (χ1n) is 9.66. The number of anilines is 1. The predicted octanol–water partition coefficient (Wildman–Crippen LogP) is 4.03. The summed E-state index contributed by atoms with van der Waals surface area (Å²) < 4.78 is 0. The van der Waals surface area contributed by atoms with Crippen molar-refractivity contribution in [1.82, 2.24) is 5.32 Å². The Morgan fingerprint density at radius 3 is 2.86 bits per heavy atom. The lowest BCUT2D eigenvalue weighted by Crippen LogP contribution is -2.30. The molecule has 1 heterocycles. The Morgan fingerprint density at radius 1 is 1.21 bits per heavy atom. The van der Waals surface area contributed by atoms with Crippen molar-refractivity contribution in [3.63, 3.8) is 0 Å². The minimum Gasteiger partial charge on any atom is -0.481 e. The number of benzene rings is 2. The highest BCUT2D eigenvalue weighted by molar-refractivity contribution is 5.95. The van der Waals surface area contributed by atoms with Crippen LogP contribution < -0.4 is 10.6 Å². The molecule has 3 N–H and O–H groups in total. The van der Waals surface area contributed by atoms with Gasteiger partial charge in [-0.25, -0.2) is 0 Å². The summed E-state index contributed by atoms with van der Waals surface area (Å²) in [5, 5.41) is 15.1. The maximum absolute atomic E-state index is 12.4. The highest BCUT2D eigenvalue weighted by Crippen LogP contribution is 2.49. The standard InChI is InChI=1S/C23H24N2O3/c1-14-4-2-5-15(12-14)22-18-7-3-6-17(18)19-13-16(8-9-20(19)25-22)23(28)24-11-10-21(26)27/h2-6,8-9,12-13,17-18,22,25H,7,10-11H2,1H3,(H,24,28)(H,26,27)/t17-,18-,22+/m0/s1. The van der Waals surface area contributed by atoms with Gasteiger partial charge in [-0.3, -0.25) is 9.59 Å². The molecule has 0 bridgehead atoms. The normalized spacial score (nSPS) is 22.1. The highest BCUT2D eigenvalue weighted by Gasteiger charge is 2.38. The molecule has 0 fully saturated rings. The third-order valence-corrected chi connectivity index (χ3v) is 5.65. The van der Waals surface area contributed by atoms with Crippen molar-refractivity contribution < 1.29 is 14.7 Å². The molecular weight excluding hydrogens is 352 g/mol. The topological polar surface area (TPSA) is 78.4 Å². The van der Waals surface area contributed by atoms with E-state index in [2.05, 4.69) is 54.0 Å². The number of aliphatic carboxylic acids is 1. The molecule has 0 saturated carbocycles. The minimum atomic E-state index is -0.920. The third-order valence-electron chi connectivity index (χ3n) is 5.65. The van der Waals surface area contributed by atoms with Crippen molar-refractivity contribution in [2.24, 2.45) is 5.92 Å². The van der Waals surface area contributed by atoms with Gasteiger partial charge in [-0.1, -0.05) is 42.0 Å². The van der Waals surface area contributed by atoms with Gasteiger partial charge in [0.05, 0.1) is 12.5 Å². The zero-order valence-corrected chi connectivity index (χ0v) is 15.8. The van der Waals surface area contributed by atoms with Crippen LogP contribution in [0.25, 0.3) is 0 Å². The van der Waals surface area contributed by atoms with E-state index in [4.69, 9.17) is 5.11 Å². The van der Waals surface area contributed by atoms with Gasteiger partial charge in [0.1, 0.15) is 0 Å². The molecule has 0 spiro atoms. The molecule has 5 nitrogen and oxygen atoms in total. The summed E-state index contributed by atoms with van der Waals surface area (Å²) in [6.45, 7) is 2.24. The average Bonchev–Trinajstić information content (AvgIpc) is 3.16. The summed E-state index contributed by atoms with van der Waals surface area (Å²) in [7, 11) is 0. The molecule has 0 radical (unpaired) electrons. The number of amides is 1. The maximum atomic E-state index is 12.4. The third kappa shape index (κ3) is 3.52. The number of rotatable bonds is 5. The van der Waals surface area contributed by atoms with E-state index in [-0.39, 0.29) is 30.8 Å². The van der Waals surface area contributed by atoms with Crippen molar-refractivity contribution in [2.75, 3.05) is 11.9 Å². The van der Waals surface area contributed by atoms with Gasteiger partial charge in [0.15, 0.2) is 0 Å². The molecule has 1 aliphatic carbocycles. The number of allylic oxidation sites excluding steroid dienone is 2. The summed E-state index contributed by atoms with van der Waals surface area (Å²) in [6.07, 6.45) is 5.41. The van der Waals surface area contributed by atoms with Crippen LogP contribution in [0.1, 0.15) is 51.8 Å². The van der Waals surface area contributed by atoms with Gasteiger partial charge in [-0.2, -0.15) is 0 Å². The van der Waals surface area contributed by atoms with E-state index in [9.17, 15) is 9.59 Å². The molecule has 1 aliphatic heterocycles. The fraction of sp³-hybridized carbons (Fsp3) is 0.304. The van der Waals surface area contributed by atoms with Crippen LogP contribution >= 0.6 is 0 Å². The number of hydrogen-bond acceptors (Lipinski definition) is 3. The fourth-order valence-corrected chi connectivity index (χ4v) is 4.31. The lowest BCUT2D eigenvalue weighted by Gasteiger charge is -2.37. The molecule has 1 amide bonds. The van der Waals surface area contributed by atoms with Gasteiger partial charge in [-0.05, 0) is 48.6 Å². The molecule has 28 heavy (non-hydrogen) atoms. The van der Waals surface area contributed by atoms with E-state index >= 15 is 0 Å². The van der Waals surface area contributed by atoms with Gasteiger partial charge < -0.3 is 15.7 Å². The zero-order chi connectivity index (χ0) is 19.7. The summed E-state index contributed by atoms with van der Waals surface area (Å²) in [5.74, 6) is -0.465. The fourth-order valence-electron chi connectivity index (χ4n) is 4.31. The molecule has 0 unspecified atom stereocenters. The molecular formula is C23H24N2O3. The number of fused-ring (bicyclic) bond motifs is 3. The van der Waals surface area contributed by atoms with Crippen molar-refractivity contribution in [2.45, 2.75) is 31.7 Å². The number of carbonyl (C=O) groups is 2. The van der Waals surface area contributed by atoms with E-state index < -0.39 is 5.97 Å². The van der Waals surface area contributed by atoms with Crippen LogP contribution in [-0.2, 0) is 4.79 Å². The van der Waals surface area contributed by atoms with E-state index in [1.54, 1.807) is 6.07 Å². The van der Waals surface area contributed by atoms with E-state index in [0.29, 0.717) is 11.5 Å². The Morgan fingerprint density at radius 2 is 2.07 bits per heavy atom. The van der Waals surface area contributed by atoms with Gasteiger partial charge in [0.25, 0.3) is 5.91 Å². The van der Waals surface area contributed by atoms with Crippen molar-refractivity contribution in [1.29, 1.82) is 0 Å². The molecule has 2 aromatic rings. The van der Waals surface area contributed by atoms with Crippen LogP contribution in [0.2, 0.25) is 0 Å². The second-order valence-corrected chi connectivity index (χ2v) is 7.59. The Kier molecular flexibility index (Phi) is 4.90. The van der Waals surface area contributed by atoms with Crippen LogP contribution in [0.5, 0.6) is 0 Å². The van der Waals surface area contributed by atoms with E-state index in [1.165, 1.54) is 11.1 Å². The lowest BCUT2D eigenvalue weighted by molar-refractivity contribution is -0.136. The van der Waals surface area contributed by atoms with Crippen molar-refractivity contribution in [3.05, 3.63) is 76.9 Å². The first-order valence-corrected chi connectivity index (χ1v) is 9.66. The average molecular weight is 376 g/mol. The Labute approximate surface area is 164 Å². The summed E-state index contributed by atoms with van der Waals surface area (Å²) >= 11 is 0. The van der Waals surface area contributed by atoms with Gasteiger partial charge in [-0.15, -0.1) is 0 Å². The molecule has 4 rings (SSSR count). The van der Waals surface area contributed by atoms with Crippen LogP contribution in [0, 0.1) is 12.8 Å². The molecule has 0 aromatic heterocycles. The molecule has 5 heteroatoms. The molecule has 2 aliphatic rings. The smallest absolute Gasteiger partial charge is 0.305 e. The Bertz CT molecular complexity index is 951. The largest absolute Gasteiger partial charge is 0.481 e. The number of carbonyl (C=O) groups excluding carboxylic acids is 1. The number of nitrogens with one attached hydrogen (secondary N) is 2.